The first-order valence-electron chi connectivity index (χ1n) is 6.74. The SMILES string of the molecule is O=C(CCNC(=O)c1ccc(Br)cc1)Nc1ccc(F)cc1F. The second kappa shape index (κ2) is 7.82. The summed E-state index contributed by atoms with van der Waals surface area (Å²) in [6, 6.07) is 9.64. The van der Waals surface area contributed by atoms with Gasteiger partial charge in [-0.15, -0.1) is 0 Å². The van der Waals surface area contributed by atoms with Crippen LogP contribution >= 0.6 is 15.9 Å². The first-order valence-corrected chi connectivity index (χ1v) is 7.53. The summed E-state index contributed by atoms with van der Waals surface area (Å²) in [7, 11) is 0. The molecule has 0 aliphatic heterocycles. The summed E-state index contributed by atoms with van der Waals surface area (Å²) < 4.78 is 27.0. The van der Waals surface area contributed by atoms with Crippen LogP contribution in [-0.2, 0) is 4.79 Å². The van der Waals surface area contributed by atoms with Crippen molar-refractivity contribution in [3.63, 3.8) is 0 Å². The van der Waals surface area contributed by atoms with Gasteiger partial charge < -0.3 is 10.6 Å². The highest BCUT2D eigenvalue weighted by atomic mass is 79.9. The molecular weight excluding hydrogens is 370 g/mol. The molecule has 120 valence electrons. The van der Waals surface area contributed by atoms with Gasteiger partial charge in [0.15, 0.2) is 0 Å². The number of amides is 2. The third-order valence-corrected chi connectivity index (χ3v) is 3.48. The second-order valence-electron chi connectivity index (χ2n) is 4.69. The van der Waals surface area contributed by atoms with E-state index in [4.69, 9.17) is 0 Å². The first kappa shape index (κ1) is 17.1. The molecule has 0 aromatic heterocycles. The number of benzene rings is 2. The van der Waals surface area contributed by atoms with Gasteiger partial charge in [-0.1, -0.05) is 15.9 Å². The van der Waals surface area contributed by atoms with Crippen molar-refractivity contribution < 1.29 is 18.4 Å². The minimum absolute atomic E-state index is 0.0287. The third-order valence-electron chi connectivity index (χ3n) is 2.95. The molecule has 0 saturated carbocycles. The Labute approximate surface area is 140 Å². The molecule has 2 N–H and O–H groups in total. The number of carbonyl (C=O) groups is 2. The van der Waals surface area contributed by atoms with E-state index in [1.165, 1.54) is 0 Å². The maximum atomic E-state index is 13.4. The average molecular weight is 383 g/mol. The highest BCUT2D eigenvalue weighted by Crippen LogP contribution is 2.15. The van der Waals surface area contributed by atoms with Crippen LogP contribution in [0.15, 0.2) is 46.9 Å². The van der Waals surface area contributed by atoms with Crippen molar-refractivity contribution in [2.75, 3.05) is 11.9 Å². The van der Waals surface area contributed by atoms with Gasteiger partial charge in [0.25, 0.3) is 5.91 Å². The predicted octanol–water partition coefficient (Wildman–Crippen LogP) is 3.49. The molecule has 2 aromatic rings. The Morgan fingerprint density at radius 1 is 1.04 bits per heavy atom. The van der Waals surface area contributed by atoms with Gasteiger partial charge in [0.1, 0.15) is 11.6 Å². The molecule has 23 heavy (non-hydrogen) atoms. The van der Waals surface area contributed by atoms with Crippen LogP contribution in [0.1, 0.15) is 16.8 Å². The minimum atomic E-state index is -0.850. The predicted molar refractivity (Wildman–Crippen MR) is 86.1 cm³/mol. The van der Waals surface area contributed by atoms with Gasteiger partial charge in [-0.3, -0.25) is 9.59 Å². The summed E-state index contributed by atoms with van der Waals surface area (Å²) in [5.74, 6) is -2.36. The molecule has 0 heterocycles. The first-order chi connectivity index (χ1) is 11.0. The van der Waals surface area contributed by atoms with Crippen LogP contribution in [-0.4, -0.2) is 18.4 Å². The molecule has 2 rings (SSSR count). The van der Waals surface area contributed by atoms with Crippen LogP contribution in [0.4, 0.5) is 14.5 Å². The summed E-state index contributed by atoms with van der Waals surface area (Å²) in [6.07, 6.45) is -0.0287. The highest BCUT2D eigenvalue weighted by Gasteiger charge is 2.09. The fourth-order valence-electron chi connectivity index (χ4n) is 1.80. The van der Waals surface area contributed by atoms with Gasteiger partial charge >= 0.3 is 0 Å². The van der Waals surface area contributed by atoms with E-state index in [0.717, 1.165) is 16.6 Å². The monoisotopic (exact) mass is 382 g/mol. The zero-order chi connectivity index (χ0) is 16.8. The van der Waals surface area contributed by atoms with Gasteiger partial charge in [0.2, 0.25) is 5.91 Å². The van der Waals surface area contributed by atoms with Crippen molar-refractivity contribution in [3.8, 4) is 0 Å². The lowest BCUT2D eigenvalue weighted by atomic mass is 10.2. The van der Waals surface area contributed by atoms with Crippen molar-refractivity contribution in [1.29, 1.82) is 0 Å². The van der Waals surface area contributed by atoms with Crippen molar-refractivity contribution >= 4 is 33.4 Å². The normalized spacial score (nSPS) is 10.2. The van der Waals surface area contributed by atoms with Gasteiger partial charge in [-0.25, -0.2) is 8.78 Å². The van der Waals surface area contributed by atoms with Crippen LogP contribution in [0.5, 0.6) is 0 Å². The van der Waals surface area contributed by atoms with Crippen LogP contribution in [0.25, 0.3) is 0 Å². The van der Waals surface area contributed by atoms with Crippen LogP contribution in [0.2, 0.25) is 0 Å². The Morgan fingerprint density at radius 2 is 1.74 bits per heavy atom. The number of anilines is 1. The smallest absolute Gasteiger partial charge is 0.251 e. The van der Waals surface area contributed by atoms with Crippen LogP contribution in [0.3, 0.4) is 0 Å². The van der Waals surface area contributed by atoms with Crippen molar-refractivity contribution in [1.82, 2.24) is 5.32 Å². The van der Waals surface area contributed by atoms with E-state index in [-0.39, 0.29) is 24.6 Å². The van der Waals surface area contributed by atoms with Gasteiger partial charge in [-0.2, -0.15) is 0 Å². The lowest BCUT2D eigenvalue weighted by Gasteiger charge is -2.08. The fraction of sp³-hybridized carbons (Fsp3) is 0.125. The molecule has 2 amide bonds. The summed E-state index contributed by atoms with van der Waals surface area (Å²) in [4.78, 5) is 23.5. The zero-order valence-corrected chi connectivity index (χ0v) is 13.5. The summed E-state index contributed by atoms with van der Waals surface area (Å²) >= 11 is 3.27. The molecule has 4 nitrogen and oxygen atoms in total. The number of nitrogens with one attached hydrogen (secondary N) is 2. The molecule has 0 aliphatic carbocycles. The third kappa shape index (κ3) is 5.14. The molecule has 0 bridgehead atoms. The summed E-state index contributed by atoms with van der Waals surface area (Å²) in [6.45, 7) is 0.101. The number of hydrogen-bond donors (Lipinski definition) is 2. The topological polar surface area (TPSA) is 58.2 Å². The largest absolute Gasteiger partial charge is 0.352 e. The molecule has 0 fully saturated rings. The molecule has 0 atom stereocenters. The number of carbonyl (C=O) groups excluding carboxylic acids is 2. The standard InChI is InChI=1S/C16H13BrF2N2O2/c17-11-3-1-10(2-4-11)16(23)20-8-7-15(22)21-14-6-5-12(18)9-13(14)19/h1-6,9H,7-8H2,(H,20,23)(H,21,22). The van der Waals surface area contributed by atoms with Gasteiger partial charge in [0.05, 0.1) is 5.69 Å². The molecule has 0 spiro atoms. The Bertz CT molecular complexity index is 721. The lowest BCUT2D eigenvalue weighted by Crippen LogP contribution is -2.27. The van der Waals surface area contributed by atoms with E-state index in [1.807, 2.05) is 0 Å². The summed E-state index contributed by atoms with van der Waals surface area (Å²) in [5, 5.41) is 4.91. The molecule has 0 unspecified atom stereocenters. The maximum Gasteiger partial charge on any atom is 0.251 e. The lowest BCUT2D eigenvalue weighted by molar-refractivity contribution is -0.116. The van der Waals surface area contributed by atoms with Crippen molar-refractivity contribution in [2.24, 2.45) is 0 Å². The van der Waals surface area contributed by atoms with E-state index < -0.39 is 17.5 Å². The molecule has 7 heteroatoms. The molecular formula is C16H13BrF2N2O2. The van der Waals surface area contributed by atoms with E-state index in [9.17, 15) is 18.4 Å². The van der Waals surface area contributed by atoms with Crippen LogP contribution in [0, 0.1) is 11.6 Å². The Morgan fingerprint density at radius 3 is 2.39 bits per heavy atom. The molecule has 0 saturated heterocycles. The van der Waals surface area contributed by atoms with Crippen molar-refractivity contribution in [3.05, 3.63) is 64.1 Å². The average Bonchev–Trinajstić information content (AvgIpc) is 2.50. The zero-order valence-electron chi connectivity index (χ0n) is 11.9. The number of rotatable bonds is 5. The van der Waals surface area contributed by atoms with E-state index in [0.29, 0.717) is 11.6 Å². The van der Waals surface area contributed by atoms with E-state index in [1.54, 1.807) is 24.3 Å². The minimum Gasteiger partial charge on any atom is -0.352 e. The van der Waals surface area contributed by atoms with Crippen LogP contribution < -0.4 is 10.6 Å². The molecule has 0 radical (unpaired) electrons. The molecule has 2 aromatic carbocycles. The second-order valence-corrected chi connectivity index (χ2v) is 5.60. The van der Waals surface area contributed by atoms with Gasteiger partial charge in [0, 0.05) is 29.1 Å². The number of hydrogen-bond acceptors (Lipinski definition) is 2. The van der Waals surface area contributed by atoms with Gasteiger partial charge in [-0.05, 0) is 36.4 Å². The highest BCUT2D eigenvalue weighted by molar-refractivity contribution is 9.10. The number of halogens is 3. The Hall–Kier alpha value is -2.28. The van der Waals surface area contributed by atoms with E-state index >= 15 is 0 Å². The molecule has 0 aliphatic rings. The Balaban J connectivity index is 1.80. The fourth-order valence-corrected chi connectivity index (χ4v) is 2.06. The summed E-state index contributed by atoms with van der Waals surface area (Å²) in [5.41, 5.74) is 0.369. The quantitative estimate of drug-likeness (QED) is 0.831. The Kier molecular flexibility index (Phi) is 5.81. The van der Waals surface area contributed by atoms with E-state index in [2.05, 4.69) is 26.6 Å². The maximum absolute atomic E-state index is 13.4. The van der Waals surface area contributed by atoms with Crippen molar-refractivity contribution in [2.45, 2.75) is 6.42 Å².